The van der Waals surface area contributed by atoms with Crippen LogP contribution in [0.1, 0.15) is 27.4 Å². The summed E-state index contributed by atoms with van der Waals surface area (Å²) in [6, 6.07) is 7.83. The zero-order chi connectivity index (χ0) is 17.1. The van der Waals surface area contributed by atoms with Gasteiger partial charge in [0.15, 0.2) is 0 Å². The topological polar surface area (TPSA) is 67.4 Å². The zero-order valence-electron chi connectivity index (χ0n) is 14.3. The van der Waals surface area contributed by atoms with E-state index in [9.17, 15) is 4.79 Å². The highest BCUT2D eigenvalue weighted by Gasteiger charge is 2.21. The number of rotatable bonds is 3. The molecule has 1 fully saturated rings. The third kappa shape index (κ3) is 3.54. The van der Waals surface area contributed by atoms with Gasteiger partial charge < -0.3 is 15.0 Å². The van der Waals surface area contributed by atoms with Crippen molar-refractivity contribution in [3.05, 3.63) is 46.9 Å². The molecule has 0 unspecified atom stereocenters. The molecular weight excluding hydrogens is 304 g/mol. The van der Waals surface area contributed by atoms with Crippen molar-refractivity contribution >= 4 is 17.4 Å². The molecular formula is C18H22N4O2. The summed E-state index contributed by atoms with van der Waals surface area (Å²) < 4.78 is 5.30. The first kappa shape index (κ1) is 16.4. The van der Waals surface area contributed by atoms with Crippen molar-refractivity contribution < 1.29 is 9.53 Å². The van der Waals surface area contributed by atoms with Crippen LogP contribution in [-0.2, 0) is 4.74 Å². The molecule has 1 amide bonds. The van der Waals surface area contributed by atoms with Crippen LogP contribution in [0, 0.1) is 20.8 Å². The average molecular weight is 326 g/mol. The number of amides is 1. The number of anilines is 2. The Morgan fingerprint density at radius 3 is 2.46 bits per heavy atom. The van der Waals surface area contributed by atoms with Crippen LogP contribution < -0.4 is 5.32 Å². The summed E-state index contributed by atoms with van der Waals surface area (Å²) in [5.41, 5.74) is 3.69. The predicted octanol–water partition coefficient (Wildman–Crippen LogP) is 2.62. The number of ether oxygens (including phenoxy) is 1. The second-order valence-corrected chi connectivity index (χ2v) is 5.98. The molecule has 1 N–H and O–H groups in total. The van der Waals surface area contributed by atoms with Crippen molar-refractivity contribution in [1.29, 1.82) is 0 Å². The van der Waals surface area contributed by atoms with Crippen LogP contribution in [0.3, 0.4) is 0 Å². The summed E-state index contributed by atoms with van der Waals surface area (Å²) in [5.74, 6) is 1.13. The van der Waals surface area contributed by atoms with Gasteiger partial charge in [-0.15, -0.1) is 0 Å². The van der Waals surface area contributed by atoms with E-state index in [1.165, 1.54) is 0 Å². The van der Waals surface area contributed by atoms with Crippen molar-refractivity contribution in [2.45, 2.75) is 20.8 Å². The lowest BCUT2D eigenvalue weighted by atomic mass is 10.1. The third-order valence-electron chi connectivity index (χ3n) is 4.09. The molecule has 0 aliphatic carbocycles. The highest BCUT2D eigenvalue weighted by Crippen LogP contribution is 2.23. The Kier molecular flexibility index (Phi) is 4.76. The summed E-state index contributed by atoms with van der Waals surface area (Å²) in [6.07, 6.45) is 0. The number of nitrogens with zero attached hydrogens (tertiary/aromatic N) is 3. The number of aryl methyl sites for hydroxylation is 3. The van der Waals surface area contributed by atoms with Gasteiger partial charge in [0.2, 0.25) is 0 Å². The third-order valence-corrected chi connectivity index (χ3v) is 4.09. The number of nitrogens with one attached hydrogen (secondary N) is 1. The van der Waals surface area contributed by atoms with E-state index in [0.29, 0.717) is 43.6 Å². The normalized spacial score (nSPS) is 14.5. The van der Waals surface area contributed by atoms with Crippen molar-refractivity contribution in [2.24, 2.45) is 0 Å². The Morgan fingerprint density at radius 2 is 1.79 bits per heavy atom. The number of hydrogen-bond acceptors (Lipinski definition) is 5. The lowest BCUT2D eigenvalue weighted by Crippen LogP contribution is -2.41. The van der Waals surface area contributed by atoms with Gasteiger partial charge >= 0.3 is 0 Å². The molecule has 1 aromatic heterocycles. The van der Waals surface area contributed by atoms with Crippen LogP contribution in [-0.4, -0.2) is 47.1 Å². The summed E-state index contributed by atoms with van der Waals surface area (Å²) in [7, 11) is 0. The monoisotopic (exact) mass is 326 g/mol. The second kappa shape index (κ2) is 6.97. The highest BCUT2D eigenvalue weighted by molar-refractivity contribution is 5.93. The Balaban J connectivity index is 1.87. The summed E-state index contributed by atoms with van der Waals surface area (Å²) in [5, 5.41) is 3.33. The largest absolute Gasteiger partial charge is 0.378 e. The molecule has 6 nitrogen and oxygen atoms in total. The fourth-order valence-electron chi connectivity index (χ4n) is 2.81. The van der Waals surface area contributed by atoms with E-state index >= 15 is 0 Å². The first-order chi connectivity index (χ1) is 11.5. The molecule has 6 heteroatoms. The van der Waals surface area contributed by atoms with Crippen LogP contribution in [0.2, 0.25) is 0 Å². The van der Waals surface area contributed by atoms with E-state index in [1.807, 2.05) is 32.0 Å². The van der Waals surface area contributed by atoms with Crippen molar-refractivity contribution in [3.8, 4) is 0 Å². The van der Waals surface area contributed by atoms with E-state index in [-0.39, 0.29) is 5.91 Å². The predicted molar refractivity (Wildman–Crippen MR) is 92.7 cm³/mol. The van der Waals surface area contributed by atoms with Crippen LogP contribution >= 0.6 is 0 Å². The van der Waals surface area contributed by atoms with Gasteiger partial charge in [0, 0.05) is 24.8 Å². The standard InChI is InChI=1S/C18H22N4O2/c1-12-5-4-6-13(2)17(12)21-16-11-15(19-14(3)20-16)18(23)22-7-9-24-10-8-22/h4-6,11H,7-10H2,1-3H3,(H,19,20,21). The number of para-hydroxylation sites is 1. The molecule has 1 aliphatic rings. The molecule has 2 aromatic rings. The van der Waals surface area contributed by atoms with Gasteiger partial charge in [-0.25, -0.2) is 9.97 Å². The molecule has 3 rings (SSSR count). The number of morpholine rings is 1. The fraction of sp³-hybridized carbons (Fsp3) is 0.389. The zero-order valence-corrected chi connectivity index (χ0v) is 14.3. The maximum atomic E-state index is 12.6. The summed E-state index contributed by atoms with van der Waals surface area (Å²) in [6.45, 7) is 8.23. The minimum Gasteiger partial charge on any atom is -0.378 e. The first-order valence-corrected chi connectivity index (χ1v) is 8.10. The van der Waals surface area contributed by atoms with Crippen molar-refractivity contribution in [3.63, 3.8) is 0 Å². The van der Waals surface area contributed by atoms with E-state index < -0.39 is 0 Å². The second-order valence-electron chi connectivity index (χ2n) is 5.98. The van der Waals surface area contributed by atoms with Gasteiger partial charge in [-0.3, -0.25) is 4.79 Å². The lowest BCUT2D eigenvalue weighted by Gasteiger charge is -2.26. The number of carbonyl (C=O) groups is 1. The SMILES string of the molecule is Cc1nc(Nc2c(C)cccc2C)cc(C(=O)N2CCOCC2)n1. The molecule has 0 atom stereocenters. The molecule has 0 saturated carbocycles. The average Bonchev–Trinajstić information content (AvgIpc) is 2.58. The molecule has 0 radical (unpaired) electrons. The smallest absolute Gasteiger partial charge is 0.272 e. The number of hydrogen-bond donors (Lipinski definition) is 1. The van der Waals surface area contributed by atoms with Gasteiger partial charge in [0.05, 0.1) is 13.2 Å². The van der Waals surface area contributed by atoms with E-state index in [2.05, 4.69) is 15.3 Å². The van der Waals surface area contributed by atoms with Gasteiger partial charge in [-0.05, 0) is 31.9 Å². The van der Waals surface area contributed by atoms with Crippen LogP contribution in [0.25, 0.3) is 0 Å². The first-order valence-electron chi connectivity index (χ1n) is 8.10. The van der Waals surface area contributed by atoms with Gasteiger partial charge in [-0.2, -0.15) is 0 Å². The molecule has 126 valence electrons. The van der Waals surface area contributed by atoms with Crippen molar-refractivity contribution in [1.82, 2.24) is 14.9 Å². The Bertz CT molecular complexity index is 734. The van der Waals surface area contributed by atoms with Crippen LogP contribution in [0.4, 0.5) is 11.5 Å². The molecule has 1 aromatic carbocycles. The molecule has 2 heterocycles. The van der Waals surface area contributed by atoms with Gasteiger partial charge in [0.25, 0.3) is 5.91 Å². The number of aromatic nitrogens is 2. The minimum atomic E-state index is -0.0756. The van der Waals surface area contributed by atoms with Crippen LogP contribution in [0.15, 0.2) is 24.3 Å². The molecule has 0 spiro atoms. The quantitative estimate of drug-likeness (QED) is 0.939. The minimum absolute atomic E-state index is 0.0756. The molecule has 1 aliphatic heterocycles. The maximum absolute atomic E-state index is 12.6. The molecule has 0 bridgehead atoms. The summed E-state index contributed by atoms with van der Waals surface area (Å²) >= 11 is 0. The van der Waals surface area contributed by atoms with E-state index in [1.54, 1.807) is 17.9 Å². The van der Waals surface area contributed by atoms with Gasteiger partial charge in [0.1, 0.15) is 17.3 Å². The Labute approximate surface area is 141 Å². The number of benzene rings is 1. The maximum Gasteiger partial charge on any atom is 0.272 e. The lowest BCUT2D eigenvalue weighted by molar-refractivity contribution is 0.0299. The van der Waals surface area contributed by atoms with Crippen LogP contribution in [0.5, 0.6) is 0 Å². The van der Waals surface area contributed by atoms with E-state index in [4.69, 9.17) is 4.74 Å². The molecule has 24 heavy (non-hydrogen) atoms. The van der Waals surface area contributed by atoms with Crippen molar-refractivity contribution in [2.75, 3.05) is 31.6 Å². The number of carbonyl (C=O) groups excluding carboxylic acids is 1. The highest BCUT2D eigenvalue weighted by atomic mass is 16.5. The van der Waals surface area contributed by atoms with Gasteiger partial charge in [-0.1, -0.05) is 18.2 Å². The fourth-order valence-corrected chi connectivity index (χ4v) is 2.81. The Morgan fingerprint density at radius 1 is 1.12 bits per heavy atom. The molecule has 1 saturated heterocycles. The summed E-state index contributed by atoms with van der Waals surface area (Å²) in [4.78, 5) is 23.1. The van der Waals surface area contributed by atoms with E-state index in [0.717, 1.165) is 16.8 Å². The Hall–Kier alpha value is -2.47.